The molecule has 1 amide bonds. The summed E-state index contributed by atoms with van der Waals surface area (Å²) in [6.45, 7) is 1.45. The highest BCUT2D eigenvalue weighted by Gasteiger charge is 2.29. The first-order chi connectivity index (χ1) is 12.8. The number of likely N-dealkylation sites (tertiary alicyclic amines) is 1. The lowest BCUT2D eigenvalue weighted by Gasteiger charge is -2.31. The second-order valence-electron chi connectivity index (χ2n) is 6.85. The van der Waals surface area contributed by atoms with Crippen molar-refractivity contribution >= 4 is 22.5 Å². The van der Waals surface area contributed by atoms with E-state index >= 15 is 0 Å². The second kappa shape index (κ2) is 5.98. The summed E-state index contributed by atoms with van der Waals surface area (Å²) < 4.78 is 2.03. The zero-order valence-corrected chi connectivity index (χ0v) is 14.3. The molecule has 26 heavy (non-hydrogen) atoms. The molecule has 0 aliphatic carbocycles. The molecule has 5 rings (SSSR count). The van der Waals surface area contributed by atoms with Crippen LogP contribution in [0.5, 0.6) is 0 Å². The van der Waals surface area contributed by atoms with Crippen LogP contribution in [-0.2, 0) is 0 Å². The van der Waals surface area contributed by atoms with Gasteiger partial charge in [0.2, 0.25) is 0 Å². The van der Waals surface area contributed by atoms with Gasteiger partial charge in [-0.2, -0.15) is 0 Å². The van der Waals surface area contributed by atoms with Crippen LogP contribution in [0.3, 0.4) is 0 Å². The van der Waals surface area contributed by atoms with Gasteiger partial charge in [-0.25, -0.2) is 0 Å². The van der Waals surface area contributed by atoms with E-state index < -0.39 is 0 Å². The van der Waals surface area contributed by atoms with Crippen molar-refractivity contribution in [1.29, 1.82) is 0 Å². The highest BCUT2D eigenvalue weighted by atomic mass is 16.2. The first kappa shape index (κ1) is 15.1. The highest BCUT2D eigenvalue weighted by molar-refractivity contribution is 5.98. The zero-order valence-electron chi connectivity index (χ0n) is 14.3. The average Bonchev–Trinajstić information content (AvgIpc) is 3.31. The van der Waals surface area contributed by atoms with Crippen LogP contribution < -0.4 is 0 Å². The Balaban J connectivity index is 1.42. The lowest BCUT2D eigenvalue weighted by molar-refractivity contribution is 0.0699. The van der Waals surface area contributed by atoms with Gasteiger partial charge in [-0.15, -0.1) is 10.2 Å². The van der Waals surface area contributed by atoms with Gasteiger partial charge in [-0.1, -0.05) is 24.3 Å². The van der Waals surface area contributed by atoms with Gasteiger partial charge in [0.15, 0.2) is 5.65 Å². The first-order valence-electron chi connectivity index (χ1n) is 8.96. The number of hydrogen-bond donors (Lipinski definition) is 1. The van der Waals surface area contributed by atoms with Gasteiger partial charge in [0.25, 0.3) is 5.91 Å². The van der Waals surface area contributed by atoms with E-state index in [1.807, 2.05) is 64.0 Å². The molecule has 0 radical (unpaired) electrons. The van der Waals surface area contributed by atoms with Crippen LogP contribution in [0.15, 0.2) is 54.7 Å². The standard InChI is InChI=1S/C20H19N5O/c26-20(17-12-14-6-1-2-8-16(14)21-17)24-10-5-7-15(13-24)19-23-22-18-9-3-4-11-25(18)19/h1-4,6,8-9,11-12,15,21H,5,7,10,13H2/t15-/m1/s1. The molecule has 130 valence electrons. The van der Waals surface area contributed by atoms with Crippen molar-refractivity contribution < 1.29 is 4.79 Å². The molecule has 0 spiro atoms. The molecule has 4 aromatic rings. The lowest BCUT2D eigenvalue weighted by atomic mass is 9.97. The van der Waals surface area contributed by atoms with Crippen molar-refractivity contribution in [3.05, 3.63) is 66.2 Å². The van der Waals surface area contributed by atoms with E-state index in [4.69, 9.17) is 0 Å². The number of H-pyrrole nitrogens is 1. The largest absolute Gasteiger partial charge is 0.351 e. The van der Waals surface area contributed by atoms with E-state index in [9.17, 15) is 4.79 Å². The minimum absolute atomic E-state index is 0.0553. The van der Waals surface area contributed by atoms with Gasteiger partial charge in [-0.3, -0.25) is 9.20 Å². The minimum atomic E-state index is 0.0553. The number of benzene rings is 1. The number of amides is 1. The van der Waals surface area contributed by atoms with E-state index in [-0.39, 0.29) is 11.8 Å². The maximum Gasteiger partial charge on any atom is 0.270 e. The Kier molecular flexibility index (Phi) is 3.48. The third kappa shape index (κ3) is 2.45. The number of hydrogen-bond acceptors (Lipinski definition) is 3. The summed E-state index contributed by atoms with van der Waals surface area (Å²) >= 11 is 0. The molecule has 4 heterocycles. The number of pyridine rings is 1. The van der Waals surface area contributed by atoms with Crippen molar-refractivity contribution in [3.63, 3.8) is 0 Å². The summed E-state index contributed by atoms with van der Waals surface area (Å²) in [6, 6.07) is 15.8. The molecule has 1 aromatic carbocycles. The molecule has 0 unspecified atom stereocenters. The molecule has 1 saturated heterocycles. The number of nitrogens with zero attached hydrogens (tertiary/aromatic N) is 4. The van der Waals surface area contributed by atoms with E-state index in [1.54, 1.807) is 0 Å². The van der Waals surface area contributed by atoms with Gasteiger partial charge in [-0.05, 0) is 37.1 Å². The van der Waals surface area contributed by atoms with Crippen LogP contribution in [0, 0.1) is 0 Å². The summed E-state index contributed by atoms with van der Waals surface area (Å²) in [5.74, 6) is 1.20. The van der Waals surface area contributed by atoms with Gasteiger partial charge in [0, 0.05) is 36.1 Å². The number of piperidine rings is 1. The predicted octanol–water partition coefficient (Wildman–Crippen LogP) is 3.23. The smallest absolute Gasteiger partial charge is 0.270 e. The summed E-state index contributed by atoms with van der Waals surface area (Å²) in [4.78, 5) is 18.2. The molecule has 3 aromatic heterocycles. The van der Waals surface area contributed by atoms with Gasteiger partial charge >= 0.3 is 0 Å². The number of carbonyl (C=O) groups excluding carboxylic acids is 1. The molecule has 1 atom stereocenters. The summed E-state index contributed by atoms with van der Waals surface area (Å²) in [5.41, 5.74) is 2.49. The normalized spacial score (nSPS) is 17.8. The minimum Gasteiger partial charge on any atom is -0.351 e. The molecule has 0 saturated carbocycles. The number of carbonyl (C=O) groups is 1. The van der Waals surface area contributed by atoms with E-state index in [0.717, 1.165) is 41.8 Å². The number of aromatic nitrogens is 4. The summed E-state index contributed by atoms with van der Waals surface area (Å²) in [7, 11) is 0. The molecule has 1 fully saturated rings. The Hall–Kier alpha value is -3.15. The summed E-state index contributed by atoms with van der Waals surface area (Å²) in [6.07, 6.45) is 3.98. The Bertz CT molecular complexity index is 1060. The highest BCUT2D eigenvalue weighted by Crippen LogP contribution is 2.27. The van der Waals surface area contributed by atoms with Gasteiger partial charge in [0.1, 0.15) is 11.5 Å². The fraction of sp³-hybridized carbons (Fsp3) is 0.250. The van der Waals surface area contributed by atoms with Crippen molar-refractivity contribution in [2.24, 2.45) is 0 Å². The predicted molar refractivity (Wildman–Crippen MR) is 99.2 cm³/mol. The van der Waals surface area contributed by atoms with Crippen LogP contribution >= 0.6 is 0 Å². The van der Waals surface area contributed by atoms with Crippen molar-refractivity contribution in [1.82, 2.24) is 24.5 Å². The average molecular weight is 345 g/mol. The van der Waals surface area contributed by atoms with Crippen LogP contribution in [0.4, 0.5) is 0 Å². The van der Waals surface area contributed by atoms with E-state index in [0.29, 0.717) is 12.2 Å². The maximum absolute atomic E-state index is 13.0. The van der Waals surface area contributed by atoms with Crippen LogP contribution in [-0.4, -0.2) is 43.5 Å². The number of aromatic amines is 1. The number of nitrogens with one attached hydrogen (secondary N) is 1. The van der Waals surface area contributed by atoms with Crippen molar-refractivity contribution in [2.75, 3.05) is 13.1 Å². The number of fused-ring (bicyclic) bond motifs is 2. The van der Waals surface area contributed by atoms with Crippen LogP contribution in [0.2, 0.25) is 0 Å². The fourth-order valence-electron chi connectivity index (χ4n) is 3.87. The van der Waals surface area contributed by atoms with Crippen LogP contribution in [0.25, 0.3) is 16.6 Å². The molecule has 6 nitrogen and oxygen atoms in total. The van der Waals surface area contributed by atoms with Crippen LogP contribution in [0.1, 0.15) is 35.1 Å². The van der Waals surface area contributed by atoms with Crippen molar-refractivity contribution in [3.8, 4) is 0 Å². The fourth-order valence-corrected chi connectivity index (χ4v) is 3.87. The quantitative estimate of drug-likeness (QED) is 0.606. The molecular formula is C20H19N5O. The topological polar surface area (TPSA) is 66.3 Å². The van der Waals surface area contributed by atoms with E-state index in [2.05, 4.69) is 15.2 Å². The van der Waals surface area contributed by atoms with Gasteiger partial charge in [0.05, 0.1) is 0 Å². The molecule has 6 heteroatoms. The lowest BCUT2D eigenvalue weighted by Crippen LogP contribution is -2.39. The van der Waals surface area contributed by atoms with E-state index in [1.165, 1.54) is 0 Å². The molecule has 1 aliphatic rings. The van der Waals surface area contributed by atoms with Gasteiger partial charge < -0.3 is 9.88 Å². The number of para-hydroxylation sites is 1. The Morgan fingerprint density at radius 2 is 2.00 bits per heavy atom. The second-order valence-corrected chi connectivity index (χ2v) is 6.85. The number of rotatable bonds is 2. The third-order valence-electron chi connectivity index (χ3n) is 5.17. The monoisotopic (exact) mass is 345 g/mol. The molecule has 1 N–H and O–H groups in total. The third-order valence-corrected chi connectivity index (χ3v) is 5.17. The summed E-state index contributed by atoms with van der Waals surface area (Å²) in [5, 5.41) is 9.70. The molecule has 1 aliphatic heterocycles. The zero-order chi connectivity index (χ0) is 17.5. The Labute approximate surface area is 150 Å². The Morgan fingerprint density at radius 3 is 2.92 bits per heavy atom. The molecule has 0 bridgehead atoms. The first-order valence-corrected chi connectivity index (χ1v) is 8.96. The SMILES string of the molecule is O=C(c1cc2ccccc2[nH]1)N1CCC[C@@H](c2nnc3ccccn23)C1. The maximum atomic E-state index is 13.0. The van der Waals surface area contributed by atoms with Crippen molar-refractivity contribution in [2.45, 2.75) is 18.8 Å². The Morgan fingerprint density at radius 1 is 1.12 bits per heavy atom. The molecular weight excluding hydrogens is 326 g/mol.